The third-order valence-electron chi connectivity index (χ3n) is 5.97. The molecule has 39 heavy (non-hydrogen) atoms. The first-order valence-electron chi connectivity index (χ1n) is 12.1. The first kappa shape index (κ1) is 27.9. The number of hydrazone groups is 1. The van der Waals surface area contributed by atoms with Crippen LogP contribution in [0.3, 0.4) is 0 Å². The number of nitrogens with zero attached hydrogens (tertiary/aromatic N) is 2. The lowest BCUT2D eigenvalue weighted by Gasteiger charge is -2.23. The van der Waals surface area contributed by atoms with E-state index in [2.05, 4.69) is 10.5 Å². The number of ether oxygens (including phenoxy) is 1. The predicted molar refractivity (Wildman–Crippen MR) is 156 cm³/mol. The van der Waals surface area contributed by atoms with Gasteiger partial charge in [0.1, 0.15) is 12.4 Å². The summed E-state index contributed by atoms with van der Waals surface area (Å²) in [5.41, 5.74) is 7.02. The molecule has 0 fully saturated rings. The summed E-state index contributed by atoms with van der Waals surface area (Å²) in [5.74, 6) is 0.294. The van der Waals surface area contributed by atoms with E-state index < -0.39 is 15.9 Å². The van der Waals surface area contributed by atoms with Crippen molar-refractivity contribution in [3.05, 3.63) is 130 Å². The van der Waals surface area contributed by atoms with Crippen LogP contribution in [0.15, 0.2) is 102 Å². The SMILES string of the molecule is Cc1ccccc1CN(c1ccc(C(=O)N/N=C\c2ccc(OCc3ccc(Cl)cc3)cc2)cc1)S(C)(=O)=O. The van der Waals surface area contributed by atoms with Gasteiger partial charge in [-0.2, -0.15) is 5.10 Å². The van der Waals surface area contributed by atoms with E-state index in [1.165, 1.54) is 16.8 Å². The van der Waals surface area contributed by atoms with E-state index in [9.17, 15) is 13.2 Å². The Hall–Kier alpha value is -4.14. The van der Waals surface area contributed by atoms with Crippen LogP contribution in [0.1, 0.15) is 32.6 Å². The minimum atomic E-state index is -3.54. The van der Waals surface area contributed by atoms with Crippen LogP contribution in [0.4, 0.5) is 5.69 Å². The Kier molecular flexibility index (Phi) is 9.01. The molecule has 4 aromatic rings. The van der Waals surface area contributed by atoms with E-state index in [0.717, 1.165) is 22.3 Å². The van der Waals surface area contributed by atoms with Crippen molar-refractivity contribution in [3.63, 3.8) is 0 Å². The Labute approximate surface area is 233 Å². The molecule has 0 spiro atoms. The van der Waals surface area contributed by atoms with Gasteiger partial charge in [-0.15, -0.1) is 0 Å². The predicted octanol–water partition coefficient (Wildman–Crippen LogP) is 5.96. The fraction of sp³-hybridized carbons (Fsp3) is 0.133. The summed E-state index contributed by atoms with van der Waals surface area (Å²) < 4.78 is 32.1. The molecule has 0 aliphatic carbocycles. The van der Waals surface area contributed by atoms with Gasteiger partial charge in [-0.25, -0.2) is 13.8 Å². The standard InChI is InChI=1S/C30H28ClN3O4S/c1-22-5-3-4-6-26(22)20-34(39(2,36)37)28-15-11-25(12-16-28)30(35)33-32-19-23-9-17-29(18-10-23)38-21-24-7-13-27(31)14-8-24/h3-19H,20-21H2,1-2H3,(H,33,35)/b32-19-. The van der Waals surface area contributed by atoms with Crippen LogP contribution in [0.2, 0.25) is 5.02 Å². The molecular formula is C30H28ClN3O4S. The third-order valence-corrected chi connectivity index (χ3v) is 7.36. The van der Waals surface area contributed by atoms with Crippen LogP contribution >= 0.6 is 11.6 Å². The minimum Gasteiger partial charge on any atom is -0.489 e. The van der Waals surface area contributed by atoms with Crippen molar-refractivity contribution in [3.8, 4) is 5.75 Å². The van der Waals surface area contributed by atoms with Gasteiger partial charge in [0.15, 0.2) is 0 Å². The van der Waals surface area contributed by atoms with Crippen molar-refractivity contribution in [2.24, 2.45) is 5.10 Å². The van der Waals surface area contributed by atoms with Gasteiger partial charge >= 0.3 is 0 Å². The van der Waals surface area contributed by atoms with Crippen molar-refractivity contribution < 1.29 is 17.9 Å². The average Bonchev–Trinajstić information content (AvgIpc) is 2.92. The number of benzene rings is 4. The van der Waals surface area contributed by atoms with Gasteiger partial charge in [0, 0.05) is 10.6 Å². The molecular weight excluding hydrogens is 534 g/mol. The lowest BCUT2D eigenvalue weighted by molar-refractivity contribution is 0.0955. The van der Waals surface area contributed by atoms with E-state index in [1.54, 1.807) is 24.3 Å². The number of amides is 1. The second-order valence-corrected chi connectivity index (χ2v) is 11.3. The number of halogens is 1. The van der Waals surface area contributed by atoms with Crippen LogP contribution in [0, 0.1) is 6.92 Å². The zero-order chi connectivity index (χ0) is 27.8. The molecule has 4 aromatic carbocycles. The molecule has 1 amide bonds. The summed E-state index contributed by atoms with van der Waals surface area (Å²) in [7, 11) is -3.54. The molecule has 0 heterocycles. The molecule has 0 radical (unpaired) electrons. The molecule has 0 aromatic heterocycles. The first-order chi connectivity index (χ1) is 18.7. The highest BCUT2D eigenvalue weighted by molar-refractivity contribution is 7.92. The number of rotatable bonds is 10. The van der Waals surface area contributed by atoms with Crippen LogP contribution in [0.5, 0.6) is 5.75 Å². The Bertz CT molecular complexity index is 1550. The lowest BCUT2D eigenvalue weighted by atomic mass is 10.1. The molecule has 0 unspecified atom stereocenters. The molecule has 0 saturated carbocycles. The van der Waals surface area contributed by atoms with Crippen molar-refractivity contribution in [1.29, 1.82) is 0 Å². The number of aryl methyl sites for hydroxylation is 1. The second-order valence-electron chi connectivity index (χ2n) is 8.93. The molecule has 4 rings (SSSR count). The summed E-state index contributed by atoms with van der Waals surface area (Å²) in [4.78, 5) is 12.6. The summed E-state index contributed by atoms with van der Waals surface area (Å²) in [5, 5.41) is 4.71. The first-order valence-corrected chi connectivity index (χ1v) is 14.3. The number of hydrogen-bond acceptors (Lipinski definition) is 5. The zero-order valence-corrected chi connectivity index (χ0v) is 23.1. The number of carbonyl (C=O) groups is 1. The van der Waals surface area contributed by atoms with E-state index >= 15 is 0 Å². The lowest BCUT2D eigenvalue weighted by Crippen LogP contribution is -2.29. The van der Waals surface area contributed by atoms with E-state index in [1.807, 2.05) is 79.7 Å². The van der Waals surface area contributed by atoms with E-state index in [0.29, 0.717) is 28.6 Å². The maximum Gasteiger partial charge on any atom is 0.271 e. The number of hydrogen-bond donors (Lipinski definition) is 1. The average molecular weight is 562 g/mol. The van der Waals surface area contributed by atoms with Crippen molar-refractivity contribution >= 4 is 39.4 Å². The quantitative estimate of drug-likeness (QED) is 0.191. The second kappa shape index (κ2) is 12.6. The van der Waals surface area contributed by atoms with Gasteiger partial charge in [-0.3, -0.25) is 9.10 Å². The van der Waals surface area contributed by atoms with Gasteiger partial charge in [0.05, 0.1) is 24.7 Å². The Morgan fingerprint density at radius 1 is 0.949 bits per heavy atom. The maximum absolute atomic E-state index is 12.6. The Balaban J connectivity index is 1.33. The molecule has 0 saturated heterocycles. The topological polar surface area (TPSA) is 88.1 Å². The number of anilines is 1. The van der Waals surface area contributed by atoms with Gasteiger partial charge in [0.2, 0.25) is 10.0 Å². The highest BCUT2D eigenvalue weighted by atomic mass is 35.5. The largest absolute Gasteiger partial charge is 0.489 e. The van der Waals surface area contributed by atoms with E-state index in [-0.39, 0.29) is 6.54 Å². The summed E-state index contributed by atoms with van der Waals surface area (Å²) in [6.45, 7) is 2.56. The fourth-order valence-corrected chi connectivity index (χ4v) is 4.75. The van der Waals surface area contributed by atoms with Crippen LogP contribution in [-0.4, -0.2) is 26.8 Å². The van der Waals surface area contributed by atoms with Crippen LogP contribution in [0.25, 0.3) is 0 Å². The molecule has 0 aliphatic heterocycles. The number of carbonyl (C=O) groups excluding carboxylic acids is 1. The maximum atomic E-state index is 12.6. The Morgan fingerprint density at radius 2 is 1.62 bits per heavy atom. The zero-order valence-electron chi connectivity index (χ0n) is 21.5. The molecule has 0 bridgehead atoms. The molecule has 7 nitrogen and oxygen atoms in total. The third kappa shape index (κ3) is 7.92. The van der Waals surface area contributed by atoms with Gasteiger partial charge in [0.25, 0.3) is 5.91 Å². The molecule has 200 valence electrons. The monoisotopic (exact) mass is 561 g/mol. The number of nitrogens with one attached hydrogen (secondary N) is 1. The van der Waals surface area contributed by atoms with E-state index in [4.69, 9.17) is 16.3 Å². The van der Waals surface area contributed by atoms with Gasteiger partial charge in [-0.1, -0.05) is 48.0 Å². The van der Waals surface area contributed by atoms with Crippen LogP contribution in [-0.2, 0) is 23.2 Å². The summed E-state index contributed by atoms with van der Waals surface area (Å²) in [6, 6.07) is 28.8. The van der Waals surface area contributed by atoms with Crippen LogP contribution < -0.4 is 14.5 Å². The van der Waals surface area contributed by atoms with Crippen molar-refractivity contribution in [2.45, 2.75) is 20.1 Å². The summed E-state index contributed by atoms with van der Waals surface area (Å²) >= 11 is 5.90. The fourth-order valence-electron chi connectivity index (χ4n) is 3.75. The van der Waals surface area contributed by atoms with Crippen molar-refractivity contribution in [2.75, 3.05) is 10.6 Å². The molecule has 1 N–H and O–H groups in total. The molecule has 9 heteroatoms. The summed E-state index contributed by atoms with van der Waals surface area (Å²) in [6.07, 6.45) is 2.70. The van der Waals surface area contributed by atoms with Gasteiger partial charge in [-0.05, 0) is 89.8 Å². The number of sulfonamides is 1. The normalized spacial score (nSPS) is 11.4. The Morgan fingerprint density at radius 3 is 2.26 bits per heavy atom. The smallest absolute Gasteiger partial charge is 0.271 e. The van der Waals surface area contributed by atoms with Gasteiger partial charge < -0.3 is 4.74 Å². The molecule has 0 atom stereocenters. The highest BCUT2D eigenvalue weighted by Crippen LogP contribution is 2.23. The minimum absolute atomic E-state index is 0.201. The van der Waals surface area contributed by atoms with Crippen molar-refractivity contribution in [1.82, 2.24) is 5.43 Å². The highest BCUT2D eigenvalue weighted by Gasteiger charge is 2.19. The molecule has 0 aliphatic rings.